The summed E-state index contributed by atoms with van der Waals surface area (Å²) in [6.07, 6.45) is -0.499. The average Bonchev–Trinajstić information content (AvgIpc) is 2.80. The van der Waals surface area contributed by atoms with E-state index < -0.39 is 36.0 Å². The van der Waals surface area contributed by atoms with Crippen molar-refractivity contribution in [3.8, 4) is 5.75 Å². The second-order valence-corrected chi connectivity index (χ2v) is 9.56. The van der Waals surface area contributed by atoms with Gasteiger partial charge in [-0.25, -0.2) is 4.79 Å². The lowest BCUT2D eigenvalue weighted by Gasteiger charge is -2.24. The Morgan fingerprint density at radius 2 is 1.72 bits per heavy atom. The number of rotatable bonds is 13. The highest BCUT2D eigenvalue weighted by Crippen LogP contribution is 2.24. The number of hydrogen-bond donors (Lipinski definition) is 5. The van der Waals surface area contributed by atoms with E-state index in [1.54, 1.807) is 0 Å². The molecule has 36 heavy (non-hydrogen) atoms. The Kier molecular flexibility index (Phi) is 11.2. The van der Waals surface area contributed by atoms with Gasteiger partial charge in [0.05, 0.1) is 11.7 Å². The van der Waals surface area contributed by atoms with Crippen molar-refractivity contribution in [3.05, 3.63) is 64.7 Å². The lowest BCUT2D eigenvalue weighted by Crippen LogP contribution is -2.55. The van der Waals surface area contributed by atoms with Gasteiger partial charge in [0.15, 0.2) is 6.04 Å². The number of carboxylic acid groups (broad SMARTS) is 1. The minimum Gasteiger partial charge on any atom is -0.491 e. The summed E-state index contributed by atoms with van der Waals surface area (Å²) in [5.74, 6) is -2.48. The molecule has 0 fully saturated rings. The molecule has 0 radical (unpaired) electrons. The number of aliphatic hydroxyl groups is 1. The third kappa shape index (κ3) is 9.14. The zero-order valence-electron chi connectivity index (χ0n) is 20.6. The van der Waals surface area contributed by atoms with Gasteiger partial charge in [-0.05, 0) is 49.4 Å². The van der Waals surface area contributed by atoms with Crippen LogP contribution in [-0.2, 0) is 16.0 Å². The molecule has 2 aromatic rings. The third-order valence-electron chi connectivity index (χ3n) is 5.36. The van der Waals surface area contributed by atoms with Crippen LogP contribution < -0.4 is 21.1 Å². The number of aliphatic hydroxyl groups excluding tert-OH is 1. The maximum absolute atomic E-state index is 13.2. The molecule has 0 unspecified atom stereocenters. The summed E-state index contributed by atoms with van der Waals surface area (Å²) in [5, 5.41) is 24.3. The number of hydrogen-bond acceptors (Lipinski definition) is 6. The highest BCUT2D eigenvalue weighted by Gasteiger charge is 2.30. The minimum atomic E-state index is -1.51. The highest BCUT2D eigenvalue weighted by atomic mass is 35.5. The number of benzene rings is 2. The molecule has 0 aliphatic heterocycles. The zero-order valence-corrected chi connectivity index (χ0v) is 21.4. The van der Waals surface area contributed by atoms with Crippen molar-refractivity contribution in [1.82, 2.24) is 10.6 Å². The fourth-order valence-electron chi connectivity index (χ4n) is 3.56. The van der Waals surface area contributed by atoms with Crippen LogP contribution in [0.3, 0.4) is 0 Å². The van der Waals surface area contributed by atoms with Crippen LogP contribution in [0.5, 0.6) is 5.75 Å². The second kappa shape index (κ2) is 13.8. The van der Waals surface area contributed by atoms with Gasteiger partial charge >= 0.3 is 5.97 Å². The molecule has 4 atom stereocenters. The Hall–Kier alpha value is -3.14. The Morgan fingerprint density at radius 1 is 1.06 bits per heavy atom. The van der Waals surface area contributed by atoms with Gasteiger partial charge in [0.25, 0.3) is 5.91 Å². The molecule has 0 saturated heterocycles. The number of aliphatic carboxylic acids is 1. The first-order valence-corrected chi connectivity index (χ1v) is 12.1. The zero-order chi connectivity index (χ0) is 26.8. The van der Waals surface area contributed by atoms with Crippen LogP contribution in [0.15, 0.2) is 48.5 Å². The first kappa shape index (κ1) is 29.1. The van der Waals surface area contributed by atoms with Crippen molar-refractivity contribution in [2.24, 2.45) is 11.7 Å². The molecular formula is C26H34ClN3O6. The van der Waals surface area contributed by atoms with Gasteiger partial charge in [-0.1, -0.05) is 55.8 Å². The van der Waals surface area contributed by atoms with Gasteiger partial charge < -0.3 is 31.3 Å². The number of amides is 2. The number of nitrogens with two attached hydrogens (primary N) is 1. The monoisotopic (exact) mass is 519 g/mol. The molecule has 6 N–H and O–H groups in total. The summed E-state index contributed by atoms with van der Waals surface area (Å²) >= 11 is 6.12. The van der Waals surface area contributed by atoms with E-state index in [1.165, 1.54) is 25.1 Å². The number of ether oxygens (including phenoxy) is 1. The summed E-state index contributed by atoms with van der Waals surface area (Å²) < 4.78 is 5.84. The van der Waals surface area contributed by atoms with Crippen molar-refractivity contribution in [2.75, 3.05) is 6.61 Å². The molecule has 9 nitrogen and oxygen atoms in total. The predicted octanol–water partition coefficient (Wildman–Crippen LogP) is 2.38. The van der Waals surface area contributed by atoms with Crippen molar-refractivity contribution >= 4 is 29.4 Å². The van der Waals surface area contributed by atoms with Gasteiger partial charge in [-0.15, -0.1) is 0 Å². The van der Waals surface area contributed by atoms with Crippen molar-refractivity contribution in [3.63, 3.8) is 0 Å². The smallest absolute Gasteiger partial charge is 0.328 e. The fourth-order valence-corrected chi connectivity index (χ4v) is 3.72. The number of carbonyl (C=O) groups excluding carboxylic acids is 2. The lowest BCUT2D eigenvalue weighted by atomic mass is 10.0. The second-order valence-electron chi connectivity index (χ2n) is 9.12. The van der Waals surface area contributed by atoms with Crippen LogP contribution in [0.1, 0.15) is 43.1 Å². The van der Waals surface area contributed by atoms with Crippen LogP contribution >= 0.6 is 11.6 Å². The van der Waals surface area contributed by atoms with Crippen LogP contribution in [0.2, 0.25) is 5.02 Å². The molecule has 0 aromatic heterocycles. The molecule has 2 amide bonds. The molecule has 0 bridgehead atoms. The van der Waals surface area contributed by atoms with Gasteiger partial charge in [0.2, 0.25) is 5.91 Å². The molecule has 2 aromatic carbocycles. The Balaban J connectivity index is 2.15. The van der Waals surface area contributed by atoms with E-state index in [9.17, 15) is 24.6 Å². The Morgan fingerprint density at radius 3 is 2.31 bits per heavy atom. The number of carboxylic acids is 1. The fraction of sp³-hybridized carbons (Fsp3) is 0.423. The summed E-state index contributed by atoms with van der Waals surface area (Å²) in [4.78, 5) is 37.4. The minimum absolute atomic E-state index is 0.00722. The average molecular weight is 520 g/mol. The van der Waals surface area contributed by atoms with E-state index in [2.05, 4.69) is 10.6 Å². The maximum Gasteiger partial charge on any atom is 0.328 e. The Bertz CT molecular complexity index is 1030. The van der Waals surface area contributed by atoms with Gasteiger partial charge in [-0.3, -0.25) is 9.59 Å². The molecule has 10 heteroatoms. The van der Waals surface area contributed by atoms with E-state index in [4.69, 9.17) is 22.1 Å². The molecule has 0 spiro atoms. The van der Waals surface area contributed by atoms with Crippen LogP contribution in [0.4, 0.5) is 0 Å². The van der Waals surface area contributed by atoms with E-state index in [1.807, 2.05) is 44.2 Å². The molecular weight excluding hydrogens is 486 g/mol. The molecule has 0 aliphatic rings. The first-order valence-electron chi connectivity index (χ1n) is 11.7. The van der Waals surface area contributed by atoms with E-state index in [0.717, 1.165) is 5.56 Å². The summed E-state index contributed by atoms with van der Waals surface area (Å²) in [6.45, 7) is 5.11. The van der Waals surface area contributed by atoms with Crippen LogP contribution in [-0.4, -0.2) is 58.8 Å². The summed E-state index contributed by atoms with van der Waals surface area (Å²) in [7, 11) is 0. The molecule has 196 valence electrons. The lowest BCUT2D eigenvalue weighted by molar-refractivity contribution is -0.145. The summed E-state index contributed by atoms with van der Waals surface area (Å²) in [5.41, 5.74) is 7.41. The molecule has 0 saturated carbocycles. The van der Waals surface area contributed by atoms with Crippen LogP contribution in [0, 0.1) is 5.92 Å². The Labute approximate surface area is 216 Å². The van der Waals surface area contributed by atoms with Gasteiger partial charge in [0, 0.05) is 11.1 Å². The van der Waals surface area contributed by atoms with E-state index >= 15 is 0 Å². The van der Waals surface area contributed by atoms with E-state index in [-0.39, 0.29) is 36.3 Å². The topological polar surface area (TPSA) is 151 Å². The molecule has 2 rings (SSSR count). The van der Waals surface area contributed by atoms with E-state index in [0.29, 0.717) is 11.4 Å². The number of halogens is 1. The predicted molar refractivity (Wildman–Crippen MR) is 137 cm³/mol. The standard InChI is InChI=1S/C26H34ClN3O6/c1-15(2)11-21(25(33)30-23(16(3)31)26(34)35)29-24(32)20-10-9-18(27)13-22(20)36-14-19(28)12-17-7-5-4-6-8-17/h4-10,13,15-16,19,21,23,31H,11-12,14,28H2,1-3H3,(H,29,32)(H,30,33)(H,34,35)/t16-,19-,21+,23+/m1/s1. The maximum atomic E-state index is 13.2. The van der Waals surface area contributed by atoms with Crippen molar-refractivity contribution in [2.45, 2.75) is 57.8 Å². The van der Waals surface area contributed by atoms with Gasteiger partial charge in [-0.2, -0.15) is 0 Å². The first-order chi connectivity index (χ1) is 17.0. The SMILES string of the molecule is CC(C)C[C@H](NC(=O)c1ccc(Cl)cc1OC[C@H](N)Cc1ccccc1)C(=O)N[C@H](C(=O)O)[C@@H](C)O. The number of carbonyl (C=O) groups is 3. The molecule has 0 aliphatic carbocycles. The van der Waals surface area contributed by atoms with Gasteiger partial charge in [0.1, 0.15) is 18.4 Å². The van der Waals surface area contributed by atoms with Crippen LogP contribution in [0.25, 0.3) is 0 Å². The normalized spacial score (nSPS) is 14.4. The third-order valence-corrected chi connectivity index (χ3v) is 5.59. The largest absolute Gasteiger partial charge is 0.491 e. The summed E-state index contributed by atoms with van der Waals surface area (Å²) in [6, 6.07) is 11.3. The number of nitrogens with one attached hydrogen (secondary N) is 2. The highest BCUT2D eigenvalue weighted by molar-refractivity contribution is 6.30. The quantitative estimate of drug-likeness (QED) is 0.272. The van der Waals surface area contributed by atoms with Crippen molar-refractivity contribution < 1.29 is 29.3 Å². The van der Waals surface area contributed by atoms with Crippen molar-refractivity contribution in [1.29, 1.82) is 0 Å². The molecule has 0 heterocycles.